The number of anilines is 1. The molecule has 0 aliphatic carbocycles. The zero-order valence-corrected chi connectivity index (χ0v) is 15.7. The summed E-state index contributed by atoms with van der Waals surface area (Å²) in [5.74, 6) is 1.23. The molecule has 0 saturated heterocycles. The minimum absolute atomic E-state index is 0.238. The lowest BCUT2D eigenvalue weighted by molar-refractivity contribution is -0.143. The fourth-order valence-electron chi connectivity index (χ4n) is 2.47. The number of carbonyl (C=O) groups excluding carboxylic acids is 1. The second-order valence-electron chi connectivity index (χ2n) is 5.95. The van der Waals surface area contributed by atoms with E-state index in [9.17, 15) is 4.79 Å². The highest BCUT2D eigenvalue weighted by Crippen LogP contribution is 2.19. The molecule has 3 aromatic rings. The maximum absolute atomic E-state index is 11.5. The highest BCUT2D eigenvalue weighted by Gasteiger charge is 2.06. The lowest BCUT2D eigenvalue weighted by Gasteiger charge is -2.08. The van der Waals surface area contributed by atoms with Gasteiger partial charge in [-0.3, -0.25) is 4.79 Å². The van der Waals surface area contributed by atoms with Gasteiger partial charge in [0.05, 0.1) is 13.0 Å². The number of ether oxygens (including phenoxy) is 2. The van der Waals surface area contributed by atoms with Crippen LogP contribution >= 0.6 is 0 Å². The van der Waals surface area contributed by atoms with Crippen molar-refractivity contribution in [2.75, 3.05) is 11.9 Å². The van der Waals surface area contributed by atoms with Crippen LogP contribution in [0.15, 0.2) is 60.9 Å². The SMILES string of the molecule is CCOC(=O)CCc1ccnc(Oc2ccc(CNc3ccccn3)cc2)n1. The quantitative estimate of drug-likeness (QED) is 0.567. The van der Waals surface area contributed by atoms with Crippen molar-refractivity contribution in [2.45, 2.75) is 26.3 Å². The molecule has 0 saturated carbocycles. The molecule has 2 aromatic heterocycles. The number of pyridine rings is 1. The van der Waals surface area contributed by atoms with Gasteiger partial charge in [-0.2, -0.15) is 4.98 Å². The Morgan fingerprint density at radius 1 is 1.04 bits per heavy atom. The van der Waals surface area contributed by atoms with E-state index in [1.807, 2.05) is 42.5 Å². The van der Waals surface area contributed by atoms with Gasteiger partial charge >= 0.3 is 12.0 Å². The van der Waals surface area contributed by atoms with Gasteiger partial charge in [-0.15, -0.1) is 0 Å². The van der Waals surface area contributed by atoms with Crippen molar-refractivity contribution < 1.29 is 14.3 Å². The third-order valence-electron chi connectivity index (χ3n) is 3.85. The molecule has 1 N–H and O–H groups in total. The molecule has 7 heteroatoms. The van der Waals surface area contributed by atoms with Gasteiger partial charge in [0.1, 0.15) is 11.6 Å². The minimum Gasteiger partial charge on any atom is -0.466 e. The first-order valence-corrected chi connectivity index (χ1v) is 9.12. The lowest BCUT2D eigenvalue weighted by atomic mass is 10.2. The predicted octanol–water partition coefficient (Wildman–Crippen LogP) is 3.77. The number of benzene rings is 1. The number of nitrogens with one attached hydrogen (secondary N) is 1. The van der Waals surface area contributed by atoms with Crippen LogP contribution in [0.4, 0.5) is 5.82 Å². The first-order valence-electron chi connectivity index (χ1n) is 9.12. The summed E-state index contributed by atoms with van der Waals surface area (Å²) in [5, 5.41) is 3.26. The summed E-state index contributed by atoms with van der Waals surface area (Å²) in [7, 11) is 0. The highest BCUT2D eigenvalue weighted by atomic mass is 16.5. The average molecular weight is 378 g/mol. The third-order valence-corrected chi connectivity index (χ3v) is 3.85. The van der Waals surface area contributed by atoms with E-state index >= 15 is 0 Å². The summed E-state index contributed by atoms with van der Waals surface area (Å²) in [6.45, 7) is 2.83. The van der Waals surface area contributed by atoms with Crippen LogP contribution in [0.3, 0.4) is 0 Å². The molecule has 28 heavy (non-hydrogen) atoms. The van der Waals surface area contributed by atoms with Crippen LogP contribution in [-0.4, -0.2) is 27.5 Å². The Kier molecular flexibility index (Phi) is 6.89. The molecule has 0 radical (unpaired) electrons. The van der Waals surface area contributed by atoms with Crippen LogP contribution in [0, 0.1) is 0 Å². The number of esters is 1. The third kappa shape index (κ3) is 6.05. The number of aryl methyl sites for hydroxylation is 1. The van der Waals surface area contributed by atoms with E-state index in [1.54, 1.807) is 25.4 Å². The van der Waals surface area contributed by atoms with Crippen molar-refractivity contribution in [3.8, 4) is 11.8 Å². The molecule has 0 bridgehead atoms. The first-order chi connectivity index (χ1) is 13.7. The van der Waals surface area contributed by atoms with Gasteiger partial charge in [0.25, 0.3) is 0 Å². The van der Waals surface area contributed by atoms with Crippen LogP contribution in [0.5, 0.6) is 11.8 Å². The summed E-state index contributed by atoms with van der Waals surface area (Å²) >= 11 is 0. The molecule has 2 heterocycles. The maximum atomic E-state index is 11.5. The maximum Gasteiger partial charge on any atom is 0.322 e. The van der Waals surface area contributed by atoms with Gasteiger partial charge in [0.15, 0.2) is 0 Å². The van der Waals surface area contributed by atoms with Gasteiger partial charge in [-0.05, 0) is 42.8 Å². The zero-order chi connectivity index (χ0) is 19.6. The van der Waals surface area contributed by atoms with Crippen molar-refractivity contribution in [3.05, 3.63) is 72.2 Å². The standard InChI is InChI=1S/C21H22N4O3/c1-2-27-20(26)11-8-17-12-14-23-21(25-17)28-18-9-6-16(7-10-18)15-24-19-5-3-4-13-22-19/h3-7,9-10,12-14H,2,8,11,15H2,1H3,(H,22,24). The monoisotopic (exact) mass is 378 g/mol. The van der Waals surface area contributed by atoms with Gasteiger partial charge < -0.3 is 14.8 Å². The summed E-state index contributed by atoms with van der Waals surface area (Å²) < 4.78 is 10.6. The molecule has 0 aliphatic rings. The Morgan fingerprint density at radius 3 is 2.64 bits per heavy atom. The van der Waals surface area contributed by atoms with Crippen molar-refractivity contribution in [3.63, 3.8) is 0 Å². The second kappa shape index (κ2) is 10.0. The van der Waals surface area contributed by atoms with Crippen LogP contribution in [0.25, 0.3) is 0 Å². The van der Waals surface area contributed by atoms with E-state index < -0.39 is 0 Å². The van der Waals surface area contributed by atoms with Crippen molar-refractivity contribution in [1.82, 2.24) is 15.0 Å². The molecule has 3 rings (SSSR count). The molecular weight excluding hydrogens is 356 g/mol. The normalized spacial score (nSPS) is 10.3. The van der Waals surface area contributed by atoms with E-state index in [2.05, 4.69) is 20.3 Å². The predicted molar refractivity (Wildman–Crippen MR) is 105 cm³/mol. The molecule has 0 unspecified atom stereocenters. The summed E-state index contributed by atoms with van der Waals surface area (Å²) in [6.07, 6.45) is 4.13. The first kappa shape index (κ1) is 19.3. The number of hydrogen-bond donors (Lipinski definition) is 1. The number of rotatable bonds is 9. The van der Waals surface area contributed by atoms with Crippen molar-refractivity contribution in [2.24, 2.45) is 0 Å². The second-order valence-corrected chi connectivity index (χ2v) is 5.95. The molecule has 0 atom stereocenters. The van der Waals surface area contributed by atoms with Gasteiger partial charge in [0, 0.05) is 31.1 Å². The smallest absolute Gasteiger partial charge is 0.322 e. The van der Waals surface area contributed by atoms with E-state index in [0.717, 1.165) is 17.1 Å². The molecule has 0 aliphatic heterocycles. The topological polar surface area (TPSA) is 86.2 Å². The number of hydrogen-bond acceptors (Lipinski definition) is 7. The number of carbonyl (C=O) groups is 1. The van der Waals surface area contributed by atoms with Gasteiger partial charge in [-0.1, -0.05) is 18.2 Å². The largest absolute Gasteiger partial charge is 0.466 e. The van der Waals surface area contributed by atoms with Crippen molar-refractivity contribution >= 4 is 11.8 Å². The Labute approximate surface area is 163 Å². The van der Waals surface area contributed by atoms with Gasteiger partial charge in [-0.25, -0.2) is 9.97 Å². The Balaban J connectivity index is 1.53. The lowest BCUT2D eigenvalue weighted by Crippen LogP contribution is -2.06. The molecule has 0 amide bonds. The van der Waals surface area contributed by atoms with Crippen LogP contribution < -0.4 is 10.1 Å². The Morgan fingerprint density at radius 2 is 1.89 bits per heavy atom. The molecule has 144 valence electrons. The Hall–Kier alpha value is -3.48. The van der Waals surface area contributed by atoms with Crippen LogP contribution in [0.2, 0.25) is 0 Å². The number of nitrogens with zero attached hydrogens (tertiary/aromatic N) is 3. The fourth-order valence-corrected chi connectivity index (χ4v) is 2.47. The molecule has 1 aromatic carbocycles. The van der Waals surface area contributed by atoms with Gasteiger partial charge in [0.2, 0.25) is 0 Å². The minimum atomic E-state index is -0.238. The molecule has 0 spiro atoms. The van der Waals surface area contributed by atoms with Crippen LogP contribution in [-0.2, 0) is 22.5 Å². The van der Waals surface area contributed by atoms with Crippen molar-refractivity contribution in [1.29, 1.82) is 0 Å². The molecule has 7 nitrogen and oxygen atoms in total. The van der Waals surface area contributed by atoms with E-state index in [4.69, 9.17) is 9.47 Å². The van der Waals surface area contributed by atoms with Crippen LogP contribution in [0.1, 0.15) is 24.6 Å². The summed E-state index contributed by atoms with van der Waals surface area (Å²) in [6, 6.07) is 15.4. The van der Waals surface area contributed by atoms with E-state index in [0.29, 0.717) is 25.3 Å². The van der Waals surface area contributed by atoms with E-state index in [1.165, 1.54) is 0 Å². The highest BCUT2D eigenvalue weighted by molar-refractivity contribution is 5.69. The molecule has 0 fully saturated rings. The zero-order valence-electron chi connectivity index (χ0n) is 15.7. The molecular formula is C21H22N4O3. The number of aromatic nitrogens is 3. The summed E-state index contributed by atoms with van der Waals surface area (Å²) in [5.41, 5.74) is 1.83. The Bertz CT molecular complexity index is 886. The summed E-state index contributed by atoms with van der Waals surface area (Å²) in [4.78, 5) is 24.2. The van der Waals surface area contributed by atoms with E-state index in [-0.39, 0.29) is 18.4 Å². The fraction of sp³-hybridized carbons (Fsp3) is 0.238. The average Bonchev–Trinajstić information content (AvgIpc) is 2.73.